The van der Waals surface area contributed by atoms with Gasteiger partial charge in [0.05, 0.1) is 11.9 Å². The summed E-state index contributed by atoms with van der Waals surface area (Å²) in [6.07, 6.45) is -1.38. The summed E-state index contributed by atoms with van der Waals surface area (Å²) in [4.78, 5) is 42.1. The van der Waals surface area contributed by atoms with E-state index in [1.807, 2.05) is 112 Å². The fourth-order valence-corrected chi connectivity index (χ4v) is 6.81. The van der Waals surface area contributed by atoms with E-state index in [1.54, 1.807) is 6.07 Å². The zero-order valence-corrected chi connectivity index (χ0v) is 26.6. The van der Waals surface area contributed by atoms with Crippen LogP contribution in [0.15, 0.2) is 97.1 Å². The van der Waals surface area contributed by atoms with E-state index in [0.717, 1.165) is 27.5 Å². The van der Waals surface area contributed by atoms with Gasteiger partial charge >= 0.3 is 0 Å². The normalized spacial score (nSPS) is 17.0. The van der Waals surface area contributed by atoms with Crippen LogP contribution in [0.1, 0.15) is 30.5 Å². The van der Waals surface area contributed by atoms with Crippen molar-refractivity contribution in [2.75, 3.05) is 12.5 Å². The highest BCUT2D eigenvalue weighted by atomic mass is 32.2. The summed E-state index contributed by atoms with van der Waals surface area (Å²) in [5.74, 6) is -0.572. The molecule has 1 aliphatic rings. The number of aryl methyl sites for hydroxylation is 1. The fourth-order valence-electron chi connectivity index (χ4n) is 5.67. The van der Waals surface area contributed by atoms with Crippen LogP contribution >= 0.6 is 11.8 Å². The van der Waals surface area contributed by atoms with Gasteiger partial charge in [-0.1, -0.05) is 91.0 Å². The second-order valence-corrected chi connectivity index (χ2v) is 13.4. The van der Waals surface area contributed by atoms with E-state index in [4.69, 9.17) is 4.74 Å². The van der Waals surface area contributed by atoms with Crippen molar-refractivity contribution >= 4 is 40.3 Å². The maximum Gasteiger partial charge on any atom is 0.258 e. The largest absolute Gasteiger partial charge is 0.483 e. The van der Waals surface area contributed by atoms with Crippen molar-refractivity contribution in [3.8, 4) is 5.75 Å². The van der Waals surface area contributed by atoms with E-state index in [2.05, 4.69) is 10.6 Å². The Morgan fingerprint density at radius 3 is 2.42 bits per heavy atom. The SMILES string of the molecule is Cc1ccccc1CNC(=O)C1N(C(=O)C(O)C(Cc2ccccc2)NC(=O)COc2cccc3ccccc23)CSC1(C)C. The molecular weight excluding hydrogens is 586 g/mol. The van der Waals surface area contributed by atoms with Gasteiger partial charge in [0.1, 0.15) is 11.8 Å². The summed E-state index contributed by atoms with van der Waals surface area (Å²) in [7, 11) is 0. The Labute approximate surface area is 268 Å². The molecule has 1 fully saturated rings. The quantitative estimate of drug-likeness (QED) is 0.225. The molecule has 1 saturated heterocycles. The van der Waals surface area contributed by atoms with Crippen molar-refractivity contribution in [2.45, 2.75) is 56.7 Å². The van der Waals surface area contributed by atoms with Crippen molar-refractivity contribution in [3.63, 3.8) is 0 Å². The summed E-state index contributed by atoms with van der Waals surface area (Å²) in [5, 5.41) is 19.2. The molecule has 45 heavy (non-hydrogen) atoms. The number of hydrogen-bond donors (Lipinski definition) is 3. The van der Waals surface area contributed by atoms with Crippen LogP contribution in [-0.4, -0.2) is 63.1 Å². The monoisotopic (exact) mass is 625 g/mol. The molecule has 3 atom stereocenters. The molecule has 0 saturated carbocycles. The molecule has 8 nitrogen and oxygen atoms in total. The number of fused-ring (bicyclic) bond motifs is 1. The van der Waals surface area contributed by atoms with Gasteiger partial charge in [-0.15, -0.1) is 11.8 Å². The molecule has 3 unspecified atom stereocenters. The number of aliphatic hydroxyl groups excluding tert-OH is 1. The van der Waals surface area contributed by atoms with Gasteiger partial charge in [-0.25, -0.2) is 0 Å². The minimum Gasteiger partial charge on any atom is -0.483 e. The standard InChI is InChI=1S/C36H39N3O5S/c1-24-12-7-8-16-27(24)21-37-34(42)33-36(2,3)45-23-39(33)35(43)32(41)29(20-25-13-5-4-6-14-25)38-31(40)22-44-30-19-11-17-26-15-9-10-18-28(26)30/h4-19,29,32-33,41H,20-23H2,1-3H3,(H,37,42)(H,38,40). The third kappa shape index (κ3) is 7.67. The summed E-state index contributed by atoms with van der Waals surface area (Å²) in [5.41, 5.74) is 2.89. The average molecular weight is 626 g/mol. The van der Waals surface area contributed by atoms with Crippen molar-refractivity contribution in [1.29, 1.82) is 0 Å². The van der Waals surface area contributed by atoms with Gasteiger partial charge in [-0.05, 0) is 55.3 Å². The van der Waals surface area contributed by atoms with Crippen LogP contribution in [0.4, 0.5) is 0 Å². The number of aliphatic hydroxyl groups is 1. The summed E-state index contributed by atoms with van der Waals surface area (Å²) < 4.78 is 5.29. The van der Waals surface area contributed by atoms with Gasteiger partial charge in [0.2, 0.25) is 5.91 Å². The first-order valence-corrected chi connectivity index (χ1v) is 16.0. The van der Waals surface area contributed by atoms with Crippen LogP contribution in [-0.2, 0) is 27.3 Å². The van der Waals surface area contributed by atoms with Crippen LogP contribution in [0.2, 0.25) is 0 Å². The van der Waals surface area contributed by atoms with Gasteiger partial charge in [0.25, 0.3) is 11.8 Å². The summed E-state index contributed by atoms with van der Waals surface area (Å²) in [6, 6.07) is 28.7. The molecule has 0 bridgehead atoms. The van der Waals surface area contributed by atoms with Crippen molar-refractivity contribution in [1.82, 2.24) is 15.5 Å². The predicted molar refractivity (Wildman–Crippen MR) is 178 cm³/mol. The third-order valence-electron chi connectivity index (χ3n) is 8.18. The maximum absolute atomic E-state index is 13.9. The molecule has 0 spiro atoms. The van der Waals surface area contributed by atoms with Crippen LogP contribution in [0, 0.1) is 6.92 Å². The second-order valence-electron chi connectivity index (χ2n) is 11.8. The molecule has 5 rings (SSSR count). The number of rotatable bonds is 11. The predicted octanol–water partition coefficient (Wildman–Crippen LogP) is 4.61. The Morgan fingerprint density at radius 1 is 0.956 bits per heavy atom. The highest BCUT2D eigenvalue weighted by Crippen LogP contribution is 2.40. The summed E-state index contributed by atoms with van der Waals surface area (Å²) >= 11 is 1.48. The van der Waals surface area contributed by atoms with Gasteiger partial charge in [0, 0.05) is 16.7 Å². The van der Waals surface area contributed by atoms with Crippen LogP contribution in [0.25, 0.3) is 10.8 Å². The van der Waals surface area contributed by atoms with Gasteiger partial charge < -0.3 is 25.4 Å². The lowest BCUT2D eigenvalue weighted by Crippen LogP contribution is -2.59. The molecule has 0 aromatic heterocycles. The van der Waals surface area contributed by atoms with E-state index in [0.29, 0.717) is 12.3 Å². The van der Waals surface area contributed by atoms with Crippen molar-refractivity contribution < 1.29 is 24.2 Å². The fraction of sp³-hybridized carbons (Fsp3) is 0.306. The number of carbonyl (C=O) groups is 3. The minimum absolute atomic E-state index is 0.211. The number of nitrogens with one attached hydrogen (secondary N) is 2. The van der Waals surface area contributed by atoms with Gasteiger partial charge in [0.15, 0.2) is 12.7 Å². The number of thioether (sulfide) groups is 1. The number of ether oxygens (including phenoxy) is 1. The first-order valence-electron chi connectivity index (χ1n) is 15.0. The van der Waals surface area contributed by atoms with E-state index >= 15 is 0 Å². The zero-order valence-electron chi connectivity index (χ0n) is 25.7. The number of carbonyl (C=O) groups excluding carboxylic acids is 3. The Hall–Kier alpha value is -4.34. The Morgan fingerprint density at radius 2 is 1.64 bits per heavy atom. The van der Waals surface area contributed by atoms with Crippen molar-refractivity contribution in [3.05, 3.63) is 114 Å². The molecule has 9 heteroatoms. The molecular formula is C36H39N3O5S. The average Bonchev–Trinajstić information content (AvgIpc) is 3.37. The van der Waals surface area contributed by atoms with Crippen molar-refractivity contribution in [2.24, 2.45) is 0 Å². The number of hydrogen-bond acceptors (Lipinski definition) is 6. The number of benzene rings is 4. The zero-order chi connectivity index (χ0) is 32.0. The second kappa shape index (κ2) is 14.2. The lowest BCUT2D eigenvalue weighted by atomic mass is 9.97. The van der Waals surface area contributed by atoms with Crippen LogP contribution < -0.4 is 15.4 Å². The maximum atomic E-state index is 13.9. The van der Waals surface area contributed by atoms with Crippen LogP contribution in [0.5, 0.6) is 5.75 Å². The van der Waals surface area contributed by atoms with Crippen LogP contribution in [0.3, 0.4) is 0 Å². The first kappa shape index (κ1) is 32.1. The van der Waals surface area contributed by atoms with Gasteiger partial charge in [-0.3, -0.25) is 14.4 Å². The van der Waals surface area contributed by atoms with E-state index in [-0.39, 0.29) is 24.8 Å². The van der Waals surface area contributed by atoms with E-state index in [9.17, 15) is 19.5 Å². The number of amides is 3. The topological polar surface area (TPSA) is 108 Å². The molecule has 4 aromatic carbocycles. The third-order valence-corrected chi connectivity index (χ3v) is 9.55. The molecule has 234 valence electrons. The minimum atomic E-state index is -1.59. The summed E-state index contributed by atoms with van der Waals surface area (Å²) in [6.45, 7) is 5.86. The molecule has 1 aliphatic heterocycles. The van der Waals surface area contributed by atoms with E-state index in [1.165, 1.54) is 16.7 Å². The Bertz CT molecular complexity index is 1660. The molecule has 3 N–H and O–H groups in total. The highest BCUT2D eigenvalue weighted by molar-refractivity contribution is 8.00. The Kier molecular flexibility index (Phi) is 10.1. The first-order chi connectivity index (χ1) is 21.6. The number of nitrogens with zero attached hydrogens (tertiary/aromatic N) is 1. The van der Waals surface area contributed by atoms with E-state index < -0.39 is 34.7 Å². The smallest absolute Gasteiger partial charge is 0.258 e. The molecule has 4 aromatic rings. The molecule has 1 heterocycles. The molecule has 3 amide bonds. The lowest BCUT2D eigenvalue weighted by molar-refractivity contribution is -0.148. The highest BCUT2D eigenvalue weighted by Gasteiger charge is 2.49. The lowest BCUT2D eigenvalue weighted by Gasteiger charge is -2.33. The molecule has 0 aliphatic carbocycles. The van der Waals surface area contributed by atoms with Gasteiger partial charge in [-0.2, -0.15) is 0 Å². The Balaban J connectivity index is 1.30. The molecule has 0 radical (unpaired) electrons.